The van der Waals surface area contributed by atoms with Crippen molar-refractivity contribution < 1.29 is 13.2 Å². The largest absolute Gasteiger partial charge is 0.359 e. The number of amides is 1. The van der Waals surface area contributed by atoms with Gasteiger partial charge in [0, 0.05) is 28.4 Å². The maximum absolute atomic E-state index is 13.3. The summed E-state index contributed by atoms with van der Waals surface area (Å²) in [4.78, 5) is 18.5. The van der Waals surface area contributed by atoms with Crippen molar-refractivity contribution in [2.24, 2.45) is 5.14 Å². The van der Waals surface area contributed by atoms with Crippen molar-refractivity contribution in [2.75, 3.05) is 22.9 Å². The molecule has 8 heteroatoms. The van der Waals surface area contributed by atoms with Gasteiger partial charge < -0.3 is 9.80 Å². The van der Waals surface area contributed by atoms with E-state index in [0.29, 0.717) is 18.2 Å². The molecule has 0 saturated carbocycles. The Morgan fingerprint density at radius 3 is 2.69 bits per heavy atom. The van der Waals surface area contributed by atoms with Crippen molar-refractivity contribution in [1.82, 2.24) is 0 Å². The molecule has 1 amide bonds. The fraction of sp³-hybridized carbons (Fsp3) is 0.381. The number of hydrogen-bond donors (Lipinski definition) is 1. The van der Waals surface area contributed by atoms with Gasteiger partial charge in [-0.25, -0.2) is 13.6 Å². The summed E-state index contributed by atoms with van der Waals surface area (Å²) >= 11 is 1.81. The molecule has 2 aromatic rings. The SMILES string of the molecule is C[C@@H]1Cc2cc(S(N)(=O)=O)ccc2N1CC(=O)N1CC[C@H](C)Sc2ccccc21. The monoisotopic (exact) mass is 431 g/mol. The normalized spacial score (nSPS) is 21.5. The predicted molar refractivity (Wildman–Crippen MR) is 117 cm³/mol. The van der Waals surface area contributed by atoms with Gasteiger partial charge in [-0.1, -0.05) is 19.1 Å². The maximum Gasteiger partial charge on any atom is 0.246 e. The minimum atomic E-state index is -3.74. The van der Waals surface area contributed by atoms with Crippen LogP contribution in [0.1, 0.15) is 25.8 Å². The highest BCUT2D eigenvalue weighted by Gasteiger charge is 2.31. The number of sulfonamides is 1. The lowest BCUT2D eigenvalue weighted by atomic mass is 10.1. The van der Waals surface area contributed by atoms with Crippen LogP contribution in [0.15, 0.2) is 52.3 Å². The number of anilines is 2. The van der Waals surface area contributed by atoms with Crippen LogP contribution in [0.25, 0.3) is 0 Å². The van der Waals surface area contributed by atoms with Crippen LogP contribution in [-0.4, -0.2) is 38.7 Å². The van der Waals surface area contributed by atoms with Crippen molar-refractivity contribution >= 4 is 39.1 Å². The molecule has 29 heavy (non-hydrogen) atoms. The average Bonchev–Trinajstić information content (AvgIpc) is 2.86. The van der Waals surface area contributed by atoms with Crippen LogP contribution in [0.2, 0.25) is 0 Å². The molecule has 0 fully saturated rings. The Balaban J connectivity index is 1.60. The minimum Gasteiger partial charge on any atom is -0.359 e. The first-order valence-electron chi connectivity index (χ1n) is 9.72. The lowest BCUT2D eigenvalue weighted by molar-refractivity contribution is -0.117. The summed E-state index contributed by atoms with van der Waals surface area (Å²) in [6.07, 6.45) is 1.63. The van der Waals surface area contributed by atoms with Crippen molar-refractivity contribution in [3.05, 3.63) is 48.0 Å². The molecular formula is C21H25N3O3S2. The number of fused-ring (bicyclic) bond motifs is 2. The van der Waals surface area contributed by atoms with Crippen LogP contribution < -0.4 is 14.9 Å². The number of hydrogen-bond acceptors (Lipinski definition) is 5. The van der Waals surface area contributed by atoms with Crippen LogP contribution in [0.5, 0.6) is 0 Å². The third kappa shape index (κ3) is 4.01. The third-order valence-electron chi connectivity index (χ3n) is 5.59. The quantitative estimate of drug-likeness (QED) is 0.808. The zero-order valence-corrected chi connectivity index (χ0v) is 18.2. The number of nitrogens with zero attached hydrogens (tertiary/aromatic N) is 2. The van der Waals surface area contributed by atoms with Gasteiger partial charge in [0.2, 0.25) is 15.9 Å². The van der Waals surface area contributed by atoms with E-state index in [4.69, 9.17) is 5.14 Å². The summed E-state index contributed by atoms with van der Waals surface area (Å²) in [7, 11) is -3.74. The molecule has 2 heterocycles. The van der Waals surface area contributed by atoms with Crippen LogP contribution >= 0.6 is 11.8 Å². The Morgan fingerprint density at radius 2 is 1.93 bits per heavy atom. The number of rotatable bonds is 3. The lowest BCUT2D eigenvalue weighted by Crippen LogP contribution is -2.43. The minimum absolute atomic E-state index is 0.0578. The molecule has 0 bridgehead atoms. The molecule has 0 saturated heterocycles. The van der Waals surface area contributed by atoms with E-state index >= 15 is 0 Å². The second-order valence-corrected chi connectivity index (χ2v) is 10.8. The number of carbonyl (C=O) groups is 1. The smallest absolute Gasteiger partial charge is 0.246 e. The Labute approximate surface area is 176 Å². The number of nitrogens with two attached hydrogens (primary N) is 1. The van der Waals surface area contributed by atoms with Crippen LogP contribution in [0.3, 0.4) is 0 Å². The second-order valence-electron chi connectivity index (χ2n) is 7.75. The van der Waals surface area contributed by atoms with Crippen molar-refractivity contribution in [3.8, 4) is 0 Å². The topological polar surface area (TPSA) is 83.7 Å². The van der Waals surface area contributed by atoms with E-state index in [1.54, 1.807) is 12.1 Å². The molecule has 2 aromatic carbocycles. The standard InChI is InChI=1S/C21H25N3O3S2/c1-14-11-16-12-17(29(22,26)27)7-8-18(16)24(14)13-21(25)23-10-9-15(2)28-20-6-4-3-5-19(20)23/h3-8,12,14-15H,9-11,13H2,1-2H3,(H2,22,26,27)/t14-,15+/m1/s1. The molecule has 2 aliphatic heterocycles. The average molecular weight is 432 g/mol. The van der Waals surface area contributed by atoms with E-state index in [2.05, 4.69) is 24.8 Å². The van der Waals surface area contributed by atoms with Crippen molar-refractivity contribution in [1.29, 1.82) is 0 Å². The number of carbonyl (C=O) groups excluding carboxylic acids is 1. The summed E-state index contributed by atoms with van der Waals surface area (Å²) in [5.74, 6) is 0.0578. The first-order chi connectivity index (χ1) is 13.7. The Morgan fingerprint density at radius 1 is 1.17 bits per heavy atom. The molecule has 0 radical (unpaired) electrons. The van der Waals surface area contributed by atoms with Gasteiger partial charge in [-0.15, -0.1) is 11.8 Å². The van der Waals surface area contributed by atoms with E-state index in [0.717, 1.165) is 28.3 Å². The molecule has 2 N–H and O–H groups in total. The van der Waals surface area contributed by atoms with E-state index < -0.39 is 10.0 Å². The Hall–Kier alpha value is -2.03. The maximum atomic E-state index is 13.3. The van der Waals surface area contributed by atoms with Gasteiger partial charge in [0.25, 0.3) is 0 Å². The molecule has 154 valence electrons. The second kappa shape index (κ2) is 7.66. The number of para-hydroxylation sites is 1. The summed E-state index contributed by atoms with van der Waals surface area (Å²) < 4.78 is 23.3. The van der Waals surface area contributed by atoms with Gasteiger partial charge in [-0.05, 0) is 55.7 Å². The van der Waals surface area contributed by atoms with E-state index in [-0.39, 0.29) is 23.4 Å². The molecule has 0 spiro atoms. The van der Waals surface area contributed by atoms with Crippen LogP contribution in [0, 0.1) is 0 Å². The molecule has 6 nitrogen and oxygen atoms in total. The molecule has 0 unspecified atom stereocenters. The van der Waals surface area contributed by atoms with E-state index in [9.17, 15) is 13.2 Å². The fourth-order valence-electron chi connectivity index (χ4n) is 4.07. The zero-order valence-electron chi connectivity index (χ0n) is 16.5. The van der Waals surface area contributed by atoms with Crippen LogP contribution in [-0.2, 0) is 21.2 Å². The van der Waals surface area contributed by atoms with E-state index in [1.165, 1.54) is 6.07 Å². The molecule has 2 aliphatic rings. The number of primary sulfonamides is 1. The molecule has 0 aliphatic carbocycles. The van der Waals surface area contributed by atoms with Crippen molar-refractivity contribution in [2.45, 2.75) is 47.8 Å². The lowest BCUT2D eigenvalue weighted by Gasteiger charge is -2.29. The number of thioether (sulfide) groups is 1. The van der Waals surface area contributed by atoms with Gasteiger partial charge in [-0.2, -0.15) is 0 Å². The first-order valence-corrected chi connectivity index (χ1v) is 12.1. The summed E-state index contributed by atoms with van der Waals surface area (Å²) in [6.45, 7) is 5.20. The van der Waals surface area contributed by atoms with Gasteiger partial charge in [0.05, 0.1) is 17.1 Å². The van der Waals surface area contributed by atoms with Crippen molar-refractivity contribution in [3.63, 3.8) is 0 Å². The fourth-order valence-corrected chi connectivity index (χ4v) is 5.74. The molecule has 4 rings (SSSR count). The Kier molecular flexibility index (Phi) is 5.35. The molecule has 2 atom stereocenters. The highest BCUT2D eigenvalue weighted by molar-refractivity contribution is 8.00. The number of benzene rings is 2. The predicted octanol–water partition coefficient (Wildman–Crippen LogP) is 3.00. The summed E-state index contributed by atoms with van der Waals surface area (Å²) in [5.41, 5.74) is 2.80. The van der Waals surface area contributed by atoms with Gasteiger partial charge in [0.1, 0.15) is 0 Å². The molecule has 0 aromatic heterocycles. The third-order valence-corrected chi connectivity index (χ3v) is 7.73. The summed E-state index contributed by atoms with van der Waals surface area (Å²) in [5, 5.41) is 5.72. The van der Waals surface area contributed by atoms with Gasteiger partial charge in [-0.3, -0.25) is 4.79 Å². The highest BCUT2D eigenvalue weighted by Crippen LogP contribution is 2.38. The first kappa shape index (κ1) is 20.3. The summed E-state index contributed by atoms with van der Waals surface area (Å²) in [6, 6.07) is 13.1. The Bertz CT molecular complexity index is 1050. The van der Waals surface area contributed by atoms with Crippen LogP contribution in [0.4, 0.5) is 11.4 Å². The van der Waals surface area contributed by atoms with Gasteiger partial charge in [0.15, 0.2) is 0 Å². The van der Waals surface area contributed by atoms with E-state index in [1.807, 2.05) is 34.9 Å². The molecular weight excluding hydrogens is 406 g/mol. The highest BCUT2D eigenvalue weighted by atomic mass is 32.2. The van der Waals surface area contributed by atoms with Gasteiger partial charge >= 0.3 is 0 Å². The zero-order chi connectivity index (χ0) is 20.8.